The highest BCUT2D eigenvalue weighted by molar-refractivity contribution is 5.28. The molecule has 0 radical (unpaired) electrons. The maximum atomic E-state index is 5.24. The highest BCUT2D eigenvalue weighted by atomic mass is 16.5. The Morgan fingerprint density at radius 3 is 2.89 bits per heavy atom. The van der Waals surface area contributed by atoms with Crippen LogP contribution in [0.5, 0.6) is 5.75 Å². The Labute approximate surface area is 111 Å². The fourth-order valence-corrected chi connectivity index (χ4v) is 2.60. The zero-order valence-corrected chi connectivity index (χ0v) is 11.6. The van der Waals surface area contributed by atoms with Crippen molar-refractivity contribution in [2.24, 2.45) is 5.92 Å². The van der Waals surface area contributed by atoms with Gasteiger partial charge in [-0.25, -0.2) is 0 Å². The molecule has 0 saturated heterocycles. The lowest BCUT2D eigenvalue weighted by Gasteiger charge is -2.28. The minimum Gasteiger partial charge on any atom is -0.497 e. The van der Waals surface area contributed by atoms with Crippen LogP contribution in [0.2, 0.25) is 0 Å². The van der Waals surface area contributed by atoms with Crippen LogP contribution in [0.15, 0.2) is 24.3 Å². The Hall–Kier alpha value is -1.02. The zero-order valence-electron chi connectivity index (χ0n) is 11.6. The molecule has 1 atom stereocenters. The van der Waals surface area contributed by atoms with Gasteiger partial charge in [-0.2, -0.15) is 0 Å². The second kappa shape index (κ2) is 6.79. The van der Waals surface area contributed by atoms with Crippen LogP contribution in [-0.2, 0) is 6.42 Å². The highest BCUT2D eigenvalue weighted by Gasteiger charge is 2.19. The van der Waals surface area contributed by atoms with Crippen molar-refractivity contribution in [3.05, 3.63) is 29.8 Å². The van der Waals surface area contributed by atoms with Crippen molar-refractivity contribution in [3.63, 3.8) is 0 Å². The van der Waals surface area contributed by atoms with E-state index in [2.05, 4.69) is 30.4 Å². The predicted octanol–water partition coefficient (Wildman–Crippen LogP) is 3.41. The molecule has 2 heteroatoms. The summed E-state index contributed by atoms with van der Waals surface area (Å²) in [5.41, 5.74) is 1.35. The highest BCUT2D eigenvalue weighted by Crippen LogP contribution is 2.30. The molecular weight excluding hydrogens is 222 g/mol. The first-order chi connectivity index (χ1) is 8.78. The fourth-order valence-electron chi connectivity index (χ4n) is 2.60. The van der Waals surface area contributed by atoms with Gasteiger partial charge in [-0.1, -0.05) is 31.4 Å². The van der Waals surface area contributed by atoms with Crippen LogP contribution in [-0.4, -0.2) is 19.7 Å². The number of nitrogens with one attached hydrogen (secondary N) is 1. The summed E-state index contributed by atoms with van der Waals surface area (Å²) < 4.78 is 5.24. The molecule has 100 valence electrons. The summed E-state index contributed by atoms with van der Waals surface area (Å²) in [6.07, 6.45) is 6.76. The van der Waals surface area contributed by atoms with Crippen LogP contribution in [0.4, 0.5) is 0 Å². The van der Waals surface area contributed by atoms with Gasteiger partial charge in [0.25, 0.3) is 0 Å². The van der Waals surface area contributed by atoms with Crippen molar-refractivity contribution in [3.8, 4) is 5.75 Å². The monoisotopic (exact) mass is 247 g/mol. The van der Waals surface area contributed by atoms with E-state index in [-0.39, 0.29) is 0 Å². The Kier molecular flexibility index (Phi) is 5.06. The lowest BCUT2D eigenvalue weighted by molar-refractivity contribution is 0.266. The summed E-state index contributed by atoms with van der Waals surface area (Å²) in [5.74, 6) is 1.94. The van der Waals surface area contributed by atoms with Crippen molar-refractivity contribution in [2.75, 3.05) is 13.7 Å². The molecule has 0 aliphatic heterocycles. The van der Waals surface area contributed by atoms with Gasteiger partial charge in [0.2, 0.25) is 0 Å². The maximum absolute atomic E-state index is 5.24. The van der Waals surface area contributed by atoms with E-state index in [1.165, 1.54) is 31.2 Å². The second-order valence-corrected chi connectivity index (χ2v) is 5.49. The van der Waals surface area contributed by atoms with Gasteiger partial charge in [-0.15, -0.1) is 0 Å². The molecule has 1 aliphatic rings. The van der Waals surface area contributed by atoms with Gasteiger partial charge in [-0.3, -0.25) is 0 Å². The first kappa shape index (κ1) is 13.4. The third kappa shape index (κ3) is 4.02. The summed E-state index contributed by atoms with van der Waals surface area (Å²) in [6, 6.07) is 9.00. The van der Waals surface area contributed by atoms with Crippen LogP contribution < -0.4 is 10.1 Å². The molecule has 0 aromatic heterocycles. The van der Waals surface area contributed by atoms with Crippen molar-refractivity contribution in [2.45, 2.75) is 45.1 Å². The standard InChI is InChI=1S/C16H25NO/c1-13(11-14-5-3-6-14)17-10-9-15-7-4-8-16(12-15)18-2/h4,7-8,12-14,17H,3,5-6,9-11H2,1-2H3. The number of ether oxygens (including phenoxy) is 1. The van der Waals surface area contributed by atoms with Gasteiger partial charge in [0.1, 0.15) is 5.75 Å². The summed E-state index contributed by atoms with van der Waals surface area (Å²) in [6.45, 7) is 3.37. The van der Waals surface area contributed by atoms with Crippen LogP contribution in [0, 0.1) is 5.92 Å². The number of methoxy groups -OCH3 is 1. The van der Waals surface area contributed by atoms with Gasteiger partial charge in [0.15, 0.2) is 0 Å². The molecule has 1 aliphatic carbocycles. The Balaban J connectivity index is 1.67. The van der Waals surface area contributed by atoms with Gasteiger partial charge in [0.05, 0.1) is 7.11 Å². The fraction of sp³-hybridized carbons (Fsp3) is 0.625. The second-order valence-electron chi connectivity index (χ2n) is 5.49. The summed E-state index contributed by atoms with van der Waals surface area (Å²) in [7, 11) is 1.72. The first-order valence-corrected chi connectivity index (χ1v) is 7.14. The average Bonchev–Trinajstić information content (AvgIpc) is 2.34. The number of hydrogen-bond acceptors (Lipinski definition) is 2. The molecule has 0 bridgehead atoms. The first-order valence-electron chi connectivity index (χ1n) is 7.14. The molecule has 1 fully saturated rings. The number of hydrogen-bond donors (Lipinski definition) is 1. The Morgan fingerprint density at radius 1 is 1.39 bits per heavy atom. The Morgan fingerprint density at radius 2 is 2.22 bits per heavy atom. The quantitative estimate of drug-likeness (QED) is 0.797. The van der Waals surface area contributed by atoms with Crippen LogP contribution in [0.25, 0.3) is 0 Å². The molecule has 1 aromatic carbocycles. The molecule has 0 amide bonds. The lowest BCUT2D eigenvalue weighted by Crippen LogP contribution is -2.31. The van der Waals surface area contributed by atoms with E-state index in [9.17, 15) is 0 Å². The van der Waals surface area contributed by atoms with Crippen LogP contribution >= 0.6 is 0 Å². The van der Waals surface area contributed by atoms with Gasteiger partial charge >= 0.3 is 0 Å². The van der Waals surface area contributed by atoms with E-state index in [4.69, 9.17) is 4.74 Å². The summed E-state index contributed by atoms with van der Waals surface area (Å²) >= 11 is 0. The lowest BCUT2D eigenvalue weighted by atomic mass is 9.81. The summed E-state index contributed by atoms with van der Waals surface area (Å²) in [5, 5.41) is 3.63. The smallest absolute Gasteiger partial charge is 0.119 e. The van der Waals surface area contributed by atoms with Gasteiger partial charge < -0.3 is 10.1 Å². The molecule has 1 aromatic rings. The predicted molar refractivity (Wildman–Crippen MR) is 76.1 cm³/mol. The maximum Gasteiger partial charge on any atom is 0.119 e. The van der Waals surface area contributed by atoms with E-state index in [1.807, 2.05) is 6.07 Å². The van der Waals surface area contributed by atoms with Crippen molar-refractivity contribution in [1.82, 2.24) is 5.32 Å². The van der Waals surface area contributed by atoms with E-state index >= 15 is 0 Å². The minimum atomic E-state index is 0.654. The topological polar surface area (TPSA) is 21.3 Å². The normalized spacial score (nSPS) is 17.2. The van der Waals surface area contributed by atoms with Gasteiger partial charge in [-0.05, 0) is 49.9 Å². The van der Waals surface area contributed by atoms with E-state index < -0.39 is 0 Å². The average molecular weight is 247 g/mol. The molecular formula is C16H25NO. The van der Waals surface area contributed by atoms with Crippen molar-refractivity contribution < 1.29 is 4.74 Å². The SMILES string of the molecule is COc1cccc(CCNC(C)CC2CCC2)c1. The molecule has 2 rings (SSSR count). The molecule has 1 saturated carbocycles. The van der Waals surface area contributed by atoms with Crippen LogP contribution in [0.1, 0.15) is 38.2 Å². The third-order valence-corrected chi connectivity index (χ3v) is 3.95. The zero-order chi connectivity index (χ0) is 12.8. The van der Waals surface area contributed by atoms with Crippen molar-refractivity contribution >= 4 is 0 Å². The number of benzene rings is 1. The molecule has 0 spiro atoms. The molecule has 1 N–H and O–H groups in total. The van der Waals surface area contributed by atoms with E-state index in [0.29, 0.717) is 6.04 Å². The molecule has 1 unspecified atom stereocenters. The molecule has 18 heavy (non-hydrogen) atoms. The van der Waals surface area contributed by atoms with E-state index in [0.717, 1.165) is 24.6 Å². The largest absolute Gasteiger partial charge is 0.497 e. The van der Waals surface area contributed by atoms with Crippen LogP contribution in [0.3, 0.4) is 0 Å². The Bertz CT molecular complexity index is 360. The minimum absolute atomic E-state index is 0.654. The number of rotatable bonds is 7. The van der Waals surface area contributed by atoms with Crippen molar-refractivity contribution in [1.29, 1.82) is 0 Å². The third-order valence-electron chi connectivity index (χ3n) is 3.95. The van der Waals surface area contributed by atoms with Gasteiger partial charge in [0, 0.05) is 6.04 Å². The molecule has 2 nitrogen and oxygen atoms in total. The molecule has 0 heterocycles. The summed E-state index contributed by atoms with van der Waals surface area (Å²) in [4.78, 5) is 0. The van der Waals surface area contributed by atoms with E-state index in [1.54, 1.807) is 7.11 Å².